The normalized spacial score (nSPS) is 21.4. The molecule has 2 heterocycles. The van der Waals surface area contributed by atoms with Gasteiger partial charge in [0.1, 0.15) is 23.4 Å². The van der Waals surface area contributed by atoms with Crippen molar-refractivity contribution in [2.75, 3.05) is 18.1 Å². The fraction of sp³-hybridized carbons (Fsp3) is 0.656. The number of carbonyl (C=O) groups excluding carboxylic acids is 2. The second-order valence-corrected chi connectivity index (χ2v) is 10.9. The van der Waals surface area contributed by atoms with Gasteiger partial charge in [0.05, 0.1) is 31.4 Å². The van der Waals surface area contributed by atoms with Crippen LogP contribution in [-0.2, 0) is 25.7 Å². The first kappa shape index (κ1) is 38.0. The third-order valence-corrected chi connectivity index (χ3v) is 7.48. The van der Waals surface area contributed by atoms with Gasteiger partial charge < -0.3 is 9.47 Å². The number of Topliss-reactive ketones (excluding diaryl/α,β-unsaturated/α-hetero) is 1. The Balaban J connectivity index is 0.000000438. The predicted octanol–water partition coefficient (Wildman–Crippen LogP) is 9.36. The summed E-state index contributed by atoms with van der Waals surface area (Å²) < 4.78 is 39.2. The topological polar surface area (TPSA) is 68.2 Å². The molecule has 0 N–H and O–H groups in total. The molecule has 6 nitrogen and oxygen atoms in total. The van der Waals surface area contributed by atoms with Crippen LogP contribution in [0.25, 0.3) is 0 Å². The Morgan fingerprint density at radius 3 is 2.40 bits per heavy atom. The first-order chi connectivity index (χ1) is 20.0. The fourth-order valence-electron chi connectivity index (χ4n) is 5.21. The summed E-state index contributed by atoms with van der Waals surface area (Å²) in [6.45, 7) is 15.8. The number of fused-ring (bicyclic) bond motifs is 3. The lowest BCUT2D eigenvalue weighted by atomic mass is 9.80. The lowest BCUT2D eigenvalue weighted by molar-refractivity contribution is -0.149. The summed E-state index contributed by atoms with van der Waals surface area (Å²) in [5, 5.41) is -3.13. The van der Waals surface area contributed by atoms with Crippen molar-refractivity contribution in [1.29, 1.82) is 0 Å². The first-order valence-corrected chi connectivity index (χ1v) is 15.9. The number of hydrogen-bond donors (Lipinski definition) is 0. The van der Waals surface area contributed by atoms with Gasteiger partial charge in [0, 0.05) is 17.0 Å². The molecule has 1 aromatic carbocycles. The van der Waals surface area contributed by atoms with E-state index in [4.69, 9.17) is 32.7 Å². The van der Waals surface area contributed by atoms with E-state index in [-0.39, 0.29) is 48.8 Å². The maximum atomic E-state index is 14.2. The van der Waals surface area contributed by atoms with Crippen LogP contribution in [0.1, 0.15) is 99.5 Å². The molecule has 0 saturated heterocycles. The largest absolute Gasteiger partial charge is 0.466 e. The third-order valence-electron chi connectivity index (χ3n) is 7.07. The van der Waals surface area contributed by atoms with E-state index < -0.39 is 11.5 Å². The highest BCUT2D eigenvalue weighted by atomic mass is 35.5. The molecule has 1 aromatic rings. The Morgan fingerprint density at radius 2 is 1.83 bits per heavy atom. The van der Waals surface area contributed by atoms with Crippen LogP contribution in [-0.4, -0.2) is 42.2 Å². The number of halogens is 4. The number of hydrogen-bond acceptors (Lipinski definition) is 6. The molecule has 10 heteroatoms. The van der Waals surface area contributed by atoms with Crippen molar-refractivity contribution in [3.05, 3.63) is 40.1 Å². The molecule has 0 amide bonds. The summed E-state index contributed by atoms with van der Waals surface area (Å²) in [6.07, 6.45) is 5.09. The van der Waals surface area contributed by atoms with Crippen molar-refractivity contribution in [3.63, 3.8) is 0 Å². The van der Waals surface area contributed by atoms with E-state index in [1.165, 1.54) is 31.1 Å². The van der Waals surface area contributed by atoms with E-state index in [0.717, 1.165) is 18.8 Å². The fourth-order valence-corrected chi connectivity index (χ4v) is 5.65. The van der Waals surface area contributed by atoms with Crippen LogP contribution in [0, 0.1) is 11.8 Å². The molecule has 0 spiro atoms. The highest BCUT2D eigenvalue weighted by Gasteiger charge is 2.44. The van der Waals surface area contributed by atoms with E-state index in [1.807, 2.05) is 34.6 Å². The minimum absolute atomic E-state index is 0.0284. The number of anilines is 1. The quantitative estimate of drug-likeness (QED) is 0.231. The van der Waals surface area contributed by atoms with Crippen molar-refractivity contribution in [1.82, 2.24) is 0 Å². The predicted molar refractivity (Wildman–Crippen MR) is 169 cm³/mol. The van der Waals surface area contributed by atoms with Gasteiger partial charge in [-0.3, -0.25) is 19.5 Å². The van der Waals surface area contributed by atoms with Crippen LogP contribution < -0.4 is 4.90 Å². The smallest absolute Gasteiger partial charge is 0.363 e. The maximum Gasteiger partial charge on any atom is 0.363 e. The molecule has 1 fully saturated rings. The summed E-state index contributed by atoms with van der Waals surface area (Å²) in [7, 11) is 0. The second-order valence-electron chi connectivity index (χ2n) is 10.0. The Morgan fingerprint density at radius 1 is 1.17 bits per heavy atom. The van der Waals surface area contributed by atoms with Crippen LogP contribution in [0.15, 0.2) is 34.5 Å². The number of carbonyl (C=O) groups is 2. The van der Waals surface area contributed by atoms with Crippen LogP contribution in [0.2, 0.25) is 5.02 Å². The number of ketones is 1. The third kappa shape index (κ3) is 10.6. The minimum Gasteiger partial charge on any atom is -0.466 e. The van der Waals surface area contributed by atoms with Crippen LogP contribution in [0.5, 0.6) is 0 Å². The van der Waals surface area contributed by atoms with Gasteiger partial charge in [-0.1, -0.05) is 65.5 Å². The number of esters is 1. The summed E-state index contributed by atoms with van der Waals surface area (Å²) in [4.78, 5) is 28.8. The van der Waals surface area contributed by atoms with E-state index >= 15 is 0 Å². The van der Waals surface area contributed by atoms with Crippen molar-refractivity contribution < 1.29 is 27.8 Å². The van der Waals surface area contributed by atoms with Gasteiger partial charge in [0.15, 0.2) is 0 Å². The average molecular weight is 634 g/mol. The standard InChI is InChI=1S/C17H16Cl2F2N2O2.C11H20O2.2C2H6/c1-9-7-22-16-14(5-10(2)24)25-8-11-6-12(18)3-4-13(11)23(16)15(9)17(19,20)21;1-3-9-6-5-7-10(8-9)11(12)13-4-2;2*1-2/h3-4,6,14H,5,7-8H2,1-2H3;9-10H,3-8H2,1-2H3;2*1-2H3/t14-;9?,10-;;/m00../s1. The lowest BCUT2D eigenvalue weighted by Gasteiger charge is -2.36. The lowest BCUT2D eigenvalue weighted by Crippen LogP contribution is -2.46. The summed E-state index contributed by atoms with van der Waals surface area (Å²) >= 11 is 11.4. The Kier molecular flexibility index (Phi) is 16.8. The van der Waals surface area contributed by atoms with Crippen LogP contribution in [0.3, 0.4) is 0 Å². The van der Waals surface area contributed by atoms with Gasteiger partial charge in [-0.2, -0.15) is 8.78 Å². The van der Waals surface area contributed by atoms with Crippen molar-refractivity contribution >= 4 is 46.5 Å². The molecule has 2 aliphatic heterocycles. The number of alkyl halides is 3. The Labute approximate surface area is 260 Å². The van der Waals surface area contributed by atoms with Crippen LogP contribution >= 0.6 is 23.2 Å². The summed E-state index contributed by atoms with van der Waals surface area (Å²) in [6, 6.07) is 4.89. The molecule has 0 aromatic heterocycles. The molecule has 0 radical (unpaired) electrons. The molecular weight excluding hydrogens is 585 g/mol. The maximum absolute atomic E-state index is 14.2. The molecule has 1 unspecified atom stereocenters. The number of benzene rings is 1. The molecule has 1 saturated carbocycles. The number of rotatable bonds is 6. The zero-order valence-corrected chi connectivity index (χ0v) is 27.9. The zero-order chi connectivity index (χ0) is 32.0. The zero-order valence-electron chi connectivity index (χ0n) is 26.4. The number of aliphatic imine (C=N–C) groups is 1. The summed E-state index contributed by atoms with van der Waals surface area (Å²) in [5.74, 6) is 1.11. The van der Waals surface area contributed by atoms with E-state index in [1.54, 1.807) is 25.1 Å². The van der Waals surface area contributed by atoms with Crippen molar-refractivity contribution in [2.24, 2.45) is 16.8 Å². The van der Waals surface area contributed by atoms with Gasteiger partial charge in [0.2, 0.25) is 0 Å². The van der Waals surface area contributed by atoms with Crippen LogP contribution in [0.4, 0.5) is 14.5 Å². The van der Waals surface area contributed by atoms with E-state index in [9.17, 15) is 18.4 Å². The molecule has 4 rings (SSSR count). The molecule has 0 bridgehead atoms. The Hall–Kier alpha value is -2.03. The van der Waals surface area contributed by atoms with E-state index in [2.05, 4.69) is 11.9 Å². The first-order valence-electron chi connectivity index (χ1n) is 15.1. The van der Waals surface area contributed by atoms with Gasteiger partial charge in [-0.15, -0.1) is 0 Å². The summed E-state index contributed by atoms with van der Waals surface area (Å²) in [5.41, 5.74) is 1.11. The number of ether oxygens (including phenoxy) is 2. The number of amidine groups is 1. The number of allylic oxidation sites excluding steroid dienone is 1. The van der Waals surface area contributed by atoms with Crippen molar-refractivity contribution in [2.45, 2.75) is 112 Å². The molecular formula is C32H48Cl2F2N2O4. The highest BCUT2D eigenvalue weighted by Crippen LogP contribution is 2.42. The monoisotopic (exact) mass is 632 g/mol. The molecule has 3 atom stereocenters. The number of nitrogens with zero attached hydrogens (tertiary/aromatic N) is 2. The minimum atomic E-state index is -3.59. The molecule has 3 aliphatic rings. The molecule has 42 heavy (non-hydrogen) atoms. The van der Waals surface area contributed by atoms with Gasteiger partial charge in [-0.25, -0.2) is 0 Å². The molecule has 238 valence electrons. The SMILES string of the molecule is CC.CC.CC(=O)C[C@@H]1OCc2cc(Cl)ccc2N2C1=NCC(C)=C2C(F)(F)Cl.CCOC(=O)[C@H]1CCCC(CC)C1. The second kappa shape index (κ2) is 18.6. The van der Waals surface area contributed by atoms with Gasteiger partial charge >= 0.3 is 11.4 Å². The average Bonchev–Trinajstić information content (AvgIpc) is 3.11. The highest BCUT2D eigenvalue weighted by molar-refractivity contribution is 6.30. The van der Waals surface area contributed by atoms with Crippen molar-refractivity contribution in [3.8, 4) is 0 Å². The van der Waals surface area contributed by atoms with Gasteiger partial charge in [-0.05, 0) is 74.9 Å². The van der Waals surface area contributed by atoms with Gasteiger partial charge in [0.25, 0.3) is 0 Å². The molecule has 1 aliphatic carbocycles. The Bertz CT molecular complexity index is 1090. The van der Waals surface area contributed by atoms with E-state index in [0.29, 0.717) is 28.5 Å².